The van der Waals surface area contributed by atoms with Crippen LogP contribution in [0, 0.1) is 17.6 Å². The van der Waals surface area contributed by atoms with Crippen LogP contribution in [0.1, 0.15) is 51.9 Å². The molecule has 28 heavy (non-hydrogen) atoms. The summed E-state index contributed by atoms with van der Waals surface area (Å²) in [7, 11) is 0. The fourth-order valence-electron chi connectivity index (χ4n) is 3.75. The number of benzene rings is 2. The molecule has 0 heterocycles. The molecule has 1 saturated carbocycles. The van der Waals surface area contributed by atoms with Gasteiger partial charge in [0.1, 0.15) is 5.82 Å². The van der Waals surface area contributed by atoms with Crippen LogP contribution in [0.5, 0.6) is 5.75 Å². The third-order valence-corrected chi connectivity index (χ3v) is 5.49. The van der Waals surface area contributed by atoms with Gasteiger partial charge in [-0.3, -0.25) is 0 Å². The first-order valence-corrected chi connectivity index (χ1v) is 10.5. The second kappa shape index (κ2) is 10.6. The van der Waals surface area contributed by atoms with Gasteiger partial charge < -0.3 is 9.47 Å². The zero-order valence-corrected chi connectivity index (χ0v) is 16.6. The summed E-state index contributed by atoms with van der Waals surface area (Å²) in [6, 6.07) is 11.0. The average molecular weight is 388 g/mol. The van der Waals surface area contributed by atoms with Crippen LogP contribution in [-0.2, 0) is 4.74 Å². The fourth-order valence-corrected chi connectivity index (χ4v) is 3.75. The normalized spacial score (nSPS) is 19.5. The van der Waals surface area contributed by atoms with Crippen LogP contribution in [0.4, 0.5) is 8.78 Å². The van der Waals surface area contributed by atoms with E-state index >= 15 is 0 Å². The number of unbranched alkanes of at least 4 members (excludes halogenated alkanes) is 2. The van der Waals surface area contributed by atoms with E-state index in [1.54, 1.807) is 30.3 Å². The Labute approximate surface area is 166 Å². The summed E-state index contributed by atoms with van der Waals surface area (Å²) >= 11 is 0. The number of rotatable bonds is 9. The van der Waals surface area contributed by atoms with E-state index in [1.165, 1.54) is 25.0 Å². The second-order valence-electron chi connectivity index (χ2n) is 7.66. The molecule has 0 aromatic heterocycles. The van der Waals surface area contributed by atoms with E-state index in [0.29, 0.717) is 29.8 Å². The molecular formula is C24H30F2O2. The van der Waals surface area contributed by atoms with Gasteiger partial charge in [0.2, 0.25) is 0 Å². The molecule has 1 aliphatic carbocycles. The molecular weight excluding hydrogens is 358 g/mol. The van der Waals surface area contributed by atoms with Crippen LogP contribution in [0.15, 0.2) is 42.5 Å². The molecule has 1 fully saturated rings. The summed E-state index contributed by atoms with van der Waals surface area (Å²) in [5.74, 6) is -0.0207. The second-order valence-corrected chi connectivity index (χ2v) is 7.66. The molecule has 2 aromatic rings. The van der Waals surface area contributed by atoms with Gasteiger partial charge in [-0.15, -0.1) is 0 Å². The Hall–Kier alpha value is -1.94. The van der Waals surface area contributed by atoms with Crippen LogP contribution in [-0.4, -0.2) is 19.3 Å². The minimum absolute atomic E-state index is 0.264. The van der Waals surface area contributed by atoms with E-state index in [-0.39, 0.29) is 17.4 Å². The van der Waals surface area contributed by atoms with Gasteiger partial charge in [0, 0.05) is 12.2 Å². The first kappa shape index (κ1) is 20.8. The lowest BCUT2D eigenvalue weighted by atomic mass is 9.88. The molecule has 0 bridgehead atoms. The standard InChI is InChI=1S/C24H30F2O2/c1-2-3-4-16-27-21-14-8-18(9-15-21)17-28-23-7-5-6-22(24(23)26)19-10-12-20(25)13-11-19/h5-7,10-13,18,21H,2-4,8-9,14-17H2,1H3. The molecule has 4 heteroatoms. The van der Waals surface area contributed by atoms with Crippen LogP contribution < -0.4 is 4.74 Å². The molecule has 2 aromatic carbocycles. The van der Waals surface area contributed by atoms with E-state index in [1.807, 2.05) is 0 Å². The average Bonchev–Trinajstić information content (AvgIpc) is 2.72. The van der Waals surface area contributed by atoms with Crippen molar-refractivity contribution in [1.82, 2.24) is 0 Å². The molecule has 0 spiro atoms. The van der Waals surface area contributed by atoms with Crippen molar-refractivity contribution in [2.75, 3.05) is 13.2 Å². The molecule has 152 valence electrons. The minimum Gasteiger partial charge on any atom is -0.490 e. The first-order valence-electron chi connectivity index (χ1n) is 10.5. The molecule has 0 aliphatic heterocycles. The highest BCUT2D eigenvalue weighted by molar-refractivity contribution is 5.65. The van der Waals surface area contributed by atoms with Crippen LogP contribution in [0.25, 0.3) is 11.1 Å². The number of hydrogen-bond donors (Lipinski definition) is 0. The molecule has 3 rings (SSSR count). The number of ether oxygens (including phenoxy) is 2. The predicted molar refractivity (Wildman–Crippen MR) is 109 cm³/mol. The van der Waals surface area contributed by atoms with Crippen molar-refractivity contribution in [2.45, 2.75) is 58.0 Å². The van der Waals surface area contributed by atoms with Gasteiger partial charge in [-0.05, 0) is 61.8 Å². The third kappa shape index (κ3) is 5.78. The van der Waals surface area contributed by atoms with Crippen molar-refractivity contribution in [2.24, 2.45) is 5.92 Å². The van der Waals surface area contributed by atoms with E-state index in [0.717, 1.165) is 38.7 Å². The Morgan fingerprint density at radius 1 is 0.929 bits per heavy atom. The lowest BCUT2D eigenvalue weighted by molar-refractivity contribution is 0.0110. The van der Waals surface area contributed by atoms with Crippen LogP contribution in [0.3, 0.4) is 0 Å². The number of hydrogen-bond acceptors (Lipinski definition) is 2. The summed E-state index contributed by atoms with van der Waals surface area (Å²) in [5.41, 5.74) is 1.08. The third-order valence-electron chi connectivity index (χ3n) is 5.49. The summed E-state index contributed by atoms with van der Waals surface area (Å²) in [6.07, 6.45) is 8.17. The predicted octanol–water partition coefficient (Wildman–Crippen LogP) is 6.78. The van der Waals surface area contributed by atoms with Crippen molar-refractivity contribution < 1.29 is 18.3 Å². The maximum absolute atomic E-state index is 14.8. The van der Waals surface area contributed by atoms with Gasteiger partial charge in [0.25, 0.3) is 0 Å². The van der Waals surface area contributed by atoms with Crippen molar-refractivity contribution in [3.05, 3.63) is 54.1 Å². The van der Waals surface area contributed by atoms with Gasteiger partial charge in [0.05, 0.1) is 12.7 Å². The molecule has 2 nitrogen and oxygen atoms in total. The van der Waals surface area contributed by atoms with Crippen molar-refractivity contribution >= 4 is 0 Å². The lowest BCUT2D eigenvalue weighted by Gasteiger charge is -2.28. The topological polar surface area (TPSA) is 18.5 Å². The van der Waals surface area contributed by atoms with E-state index in [2.05, 4.69) is 6.92 Å². The molecule has 0 atom stereocenters. The smallest absolute Gasteiger partial charge is 0.172 e. The molecule has 0 radical (unpaired) electrons. The summed E-state index contributed by atoms with van der Waals surface area (Å²) in [4.78, 5) is 0. The summed E-state index contributed by atoms with van der Waals surface area (Å²) in [5, 5.41) is 0. The highest BCUT2D eigenvalue weighted by Crippen LogP contribution is 2.31. The fraction of sp³-hybridized carbons (Fsp3) is 0.500. The van der Waals surface area contributed by atoms with Crippen molar-refractivity contribution in [1.29, 1.82) is 0 Å². The Balaban J connectivity index is 1.49. The highest BCUT2D eigenvalue weighted by atomic mass is 19.1. The maximum Gasteiger partial charge on any atom is 0.172 e. The van der Waals surface area contributed by atoms with E-state index in [9.17, 15) is 8.78 Å². The SMILES string of the molecule is CCCCCOC1CCC(COc2cccc(-c3ccc(F)cc3)c2F)CC1. The Morgan fingerprint density at radius 3 is 2.39 bits per heavy atom. The van der Waals surface area contributed by atoms with E-state index < -0.39 is 0 Å². The molecule has 1 aliphatic rings. The van der Waals surface area contributed by atoms with Crippen molar-refractivity contribution in [3.8, 4) is 16.9 Å². The minimum atomic E-state index is -0.387. The van der Waals surface area contributed by atoms with Gasteiger partial charge in [-0.1, -0.05) is 44.0 Å². The first-order chi connectivity index (χ1) is 13.7. The van der Waals surface area contributed by atoms with Crippen molar-refractivity contribution in [3.63, 3.8) is 0 Å². The molecule has 0 unspecified atom stereocenters. The zero-order chi connectivity index (χ0) is 19.8. The molecule has 0 saturated heterocycles. The number of halogens is 2. The highest BCUT2D eigenvalue weighted by Gasteiger charge is 2.22. The molecule has 0 amide bonds. The summed E-state index contributed by atoms with van der Waals surface area (Å²) in [6.45, 7) is 3.58. The Morgan fingerprint density at radius 2 is 1.68 bits per heavy atom. The maximum atomic E-state index is 14.8. The molecule has 0 N–H and O–H groups in total. The quantitative estimate of drug-likeness (QED) is 0.441. The van der Waals surface area contributed by atoms with Gasteiger partial charge in [-0.25, -0.2) is 8.78 Å². The van der Waals surface area contributed by atoms with Gasteiger partial charge in [-0.2, -0.15) is 0 Å². The lowest BCUT2D eigenvalue weighted by Crippen LogP contribution is -2.25. The summed E-state index contributed by atoms with van der Waals surface area (Å²) < 4.78 is 39.7. The Kier molecular flexibility index (Phi) is 7.84. The van der Waals surface area contributed by atoms with Crippen LogP contribution >= 0.6 is 0 Å². The van der Waals surface area contributed by atoms with Crippen LogP contribution in [0.2, 0.25) is 0 Å². The monoisotopic (exact) mass is 388 g/mol. The Bertz CT molecular complexity index is 722. The van der Waals surface area contributed by atoms with E-state index in [4.69, 9.17) is 9.47 Å². The van der Waals surface area contributed by atoms with Gasteiger partial charge >= 0.3 is 0 Å². The largest absolute Gasteiger partial charge is 0.490 e. The zero-order valence-electron chi connectivity index (χ0n) is 16.6. The van der Waals surface area contributed by atoms with Gasteiger partial charge in [0.15, 0.2) is 11.6 Å².